The summed E-state index contributed by atoms with van der Waals surface area (Å²) in [5.74, 6) is -0.359. The summed E-state index contributed by atoms with van der Waals surface area (Å²) in [7, 11) is -3.59. The van der Waals surface area contributed by atoms with Crippen molar-refractivity contribution in [3.63, 3.8) is 0 Å². The highest BCUT2D eigenvalue weighted by Crippen LogP contribution is 2.22. The maximum atomic E-state index is 12.4. The van der Waals surface area contributed by atoms with Gasteiger partial charge >= 0.3 is 0 Å². The number of sulfonamides is 1. The first-order valence-corrected chi connectivity index (χ1v) is 11.0. The van der Waals surface area contributed by atoms with Crippen molar-refractivity contribution in [1.29, 1.82) is 0 Å². The van der Waals surface area contributed by atoms with Gasteiger partial charge in [-0.15, -0.1) is 0 Å². The lowest BCUT2D eigenvalue weighted by molar-refractivity contribution is -0.120. The number of nitrogens with one attached hydrogen (secondary N) is 1. The third-order valence-electron chi connectivity index (χ3n) is 4.05. The molecule has 0 aliphatic carbocycles. The fourth-order valence-corrected chi connectivity index (χ4v) is 3.81. The van der Waals surface area contributed by atoms with Crippen LogP contribution in [0.1, 0.15) is 31.0 Å². The molecule has 1 N–H and O–H groups in total. The van der Waals surface area contributed by atoms with E-state index in [-0.39, 0.29) is 18.5 Å². The Morgan fingerprint density at radius 2 is 1.85 bits per heavy atom. The highest BCUT2D eigenvalue weighted by molar-refractivity contribution is 9.10. The van der Waals surface area contributed by atoms with Crippen LogP contribution in [0.15, 0.2) is 53.0 Å². The molecule has 2 aromatic carbocycles. The van der Waals surface area contributed by atoms with Crippen molar-refractivity contribution in [2.24, 2.45) is 0 Å². The quantitative estimate of drug-likeness (QED) is 0.716. The number of anilines is 1. The monoisotopic (exact) mass is 438 g/mol. The summed E-state index contributed by atoms with van der Waals surface area (Å²) < 4.78 is 26.1. The molecule has 2 rings (SSSR count). The summed E-state index contributed by atoms with van der Waals surface area (Å²) in [4.78, 5) is 12.4. The van der Waals surface area contributed by atoms with E-state index in [0.717, 1.165) is 27.0 Å². The van der Waals surface area contributed by atoms with Gasteiger partial charge in [0.1, 0.15) is 6.54 Å². The molecule has 0 saturated carbocycles. The van der Waals surface area contributed by atoms with Crippen molar-refractivity contribution in [3.05, 3.63) is 64.1 Å². The maximum absolute atomic E-state index is 12.4. The van der Waals surface area contributed by atoms with Crippen molar-refractivity contribution in [2.45, 2.75) is 26.3 Å². The van der Waals surface area contributed by atoms with E-state index < -0.39 is 10.0 Å². The summed E-state index contributed by atoms with van der Waals surface area (Å²) in [6, 6.07) is 14.7. The third-order valence-corrected chi connectivity index (χ3v) is 5.68. The van der Waals surface area contributed by atoms with Gasteiger partial charge in [0.25, 0.3) is 0 Å². The average Bonchev–Trinajstić information content (AvgIpc) is 2.58. The predicted molar refractivity (Wildman–Crippen MR) is 109 cm³/mol. The second-order valence-electron chi connectivity index (χ2n) is 6.13. The minimum atomic E-state index is -3.59. The molecule has 0 saturated heterocycles. The second kappa shape index (κ2) is 8.68. The normalized spacial score (nSPS) is 12.5. The molecular weight excluding hydrogens is 416 g/mol. The summed E-state index contributed by atoms with van der Waals surface area (Å²) in [5, 5.41) is 2.86. The Bertz CT molecular complexity index is 867. The van der Waals surface area contributed by atoms with E-state index >= 15 is 0 Å². The van der Waals surface area contributed by atoms with E-state index in [2.05, 4.69) is 28.2 Å². The predicted octanol–water partition coefficient (Wildman–Crippen LogP) is 3.65. The molecule has 0 aliphatic heterocycles. The molecule has 0 radical (unpaired) electrons. The molecule has 0 unspecified atom stereocenters. The van der Waals surface area contributed by atoms with Crippen molar-refractivity contribution >= 4 is 37.5 Å². The first kappa shape index (κ1) is 20.5. The minimum absolute atomic E-state index is 0.211. The maximum Gasteiger partial charge on any atom is 0.241 e. The average molecular weight is 439 g/mol. The number of rotatable bonds is 7. The number of hydrogen-bond acceptors (Lipinski definition) is 3. The van der Waals surface area contributed by atoms with Gasteiger partial charge in [-0.3, -0.25) is 9.10 Å². The summed E-state index contributed by atoms with van der Waals surface area (Å²) in [6.07, 6.45) is 2.05. The summed E-state index contributed by atoms with van der Waals surface area (Å²) in [5.41, 5.74) is 2.64. The number of carbonyl (C=O) groups excluding carboxylic acids is 1. The van der Waals surface area contributed by atoms with Crippen LogP contribution in [-0.2, 0) is 21.2 Å². The van der Waals surface area contributed by atoms with Gasteiger partial charge in [-0.1, -0.05) is 53.2 Å². The van der Waals surface area contributed by atoms with E-state index in [9.17, 15) is 13.2 Å². The van der Waals surface area contributed by atoms with Gasteiger partial charge in [0.2, 0.25) is 15.9 Å². The SMILES string of the molecule is CCc1ccc([C@H](C)NC(=O)CN(c2cccc(Br)c2)S(C)(=O)=O)cc1. The molecule has 7 heteroatoms. The summed E-state index contributed by atoms with van der Waals surface area (Å²) in [6.45, 7) is 3.69. The van der Waals surface area contributed by atoms with Gasteiger partial charge in [-0.05, 0) is 42.7 Å². The van der Waals surface area contributed by atoms with Gasteiger partial charge in [-0.2, -0.15) is 0 Å². The van der Waals surface area contributed by atoms with Crippen LogP contribution in [0.5, 0.6) is 0 Å². The van der Waals surface area contributed by atoms with Gasteiger partial charge in [0, 0.05) is 4.47 Å². The van der Waals surface area contributed by atoms with Crippen LogP contribution in [-0.4, -0.2) is 27.1 Å². The molecule has 0 spiro atoms. The van der Waals surface area contributed by atoms with Crippen molar-refractivity contribution in [3.8, 4) is 0 Å². The molecule has 140 valence electrons. The topological polar surface area (TPSA) is 66.5 Å². The Hall–Kier alpha value is -1.86. The number of hydrogen-bond donors (Lipinski definition) is 1. The van der Waals surface area contributed by atoms with E-state index in [4.69, 9.17) is 0 Å². The number of benzene rings is 2. The lowest BCUT2D eigenvalue weighted by Crippen LogP contribution is -2.41. The van der Waals surface area contributed by atoms with E-state index in [1.807, 2.05) is 31.2 Å². The lowest BCUT2D eigenvalue weighted by Gasteiger charge is -2.23. The molecule has 5 nitrogen and oxygen atoms in total. The van der Waals surface area contributed by atoms with Crippen LogP contribution in [0.2, 0.25) is 0 Å². The Morgan fingerprint density at radius 1 is 1.19 bits per heavy atom. The van der Waals surface area contributed by atoms with Crippen LogP contribution >= 0.6 is 15.9 Å². The molecule has 26 heavy (non-hydrogen) atoms. The molecule has 0 bridgehead atoms. The molecule has 0 aromatic heterocycles. The molecule has 0 heterocycles. The Balaban J connectivity index is 2.11. The van der Waals surface area contributed by atoms with Gasteiger partial charge in [-0.25, -0.2) is 8.42 Å². The number of halogens is 1. The number of aryl methyl sites for hydroxylation is 1. The standard InChI is InChI=1S/C19H23BrN2O3S/c1-4-15-8-10-16(11-9-15)14(2)21-19(23)13-22(26(3,24)25)18-7-5-6-17(20)12-18/h5-12,14H,4,13H2,1-3H3,(H,21,23)/t14-/m0/s1. The molecule has 0 fully saturated rings. The highest BCUT2D eigenvalue weighted by Gasteiger charge is 2.22. The second-order valence-corrected chi connectivity index (χ2v) is 8.96. The largest absolute Gasteiger partial charge is 0.348 e. The van der Waals surface area contributed by atoms with Crippen molar-refractivity contribution < 1.29 is 13.2 Å². The van der Waals surface area contributed by atoms with Crippen molar-refractivity contribution in [1.82, 2.24) is 5.32 Å². The zero-order valence-corrected chi connectivity index (χ0v) is 17.5. The molecule has 2 aromatic rings. The molecule has 1 amide bonds. The highest BCUT2D eigenvalue weighted by atomic mass is 79.9. The Labute approximate surface area is 163 Å². The molecular formula is C19H23BrN2O3S. The smallest absolute Gasteiger partial charge is 0.241 e. The number of amides is 1. The van der Waals surface area contributed by atoms with Crippen molar-refractivity contribution in [2.75, 3.05) is 17.1 Å². The number of carbonyl (C=O) groups is 1. The fraction of sp³-hybridized carbons (Fsp3) is 0.316. The van der Waals surface area contributed by atoms with Gasteiger partial charge in [0.15, 0.2) is 0 Å². The van der Waals surface area contributed by atoms with E-state index in [0.29, 0.717) is 5.69 Å². The van der Waals surface area contributed by atoms with Gasteiger partial charge < -0.3 is 5.32 Å². The van der Waals surface area contributed by atoms with Crippen LogP contribution in [0, 0.1) is 0 Å². The first-order valence-electron chi connectivity index (χ1n) is 8.32. The fourth-order valence-electron chi connectivity index (χ4n) is 2.57. The van der Waals surface area contributed by atoms with Crippen LogP contribution in [0.3, 0.4) is 0 Å². The van der Waals surface area contributed by atoms with E-state index in [1.54, 1.807) is 24.3 Å². The van der Waals surface area contributed by atoms with Gasteiger partial charge in [0.05, 0.1) is 18.0 Å². The van der Waals surface area contributed by atoms with Crippen LogP contribution in [0.25, 0.3) is 0 Å². The van der Waals surface area contributed by atoms with Crippen LogP contribution in [0.4, 0.5) is 5.69 Å². The molecule has 0 aliphatic rings. The van der Waals surface area contributed by atoms with E-state index in [1.165, 1.54) is 5.56 Å². The minimum Gasteiger partial charge on any atom is -0.348 e. The number of nitrogens with zero attached hydrogens (tertiary/aromatic N) is 1. The Kier molecular flexibility index (Phi) is 6.83. The zero-order valence-electron chi connectivity index (χ0n) is 15.1. The molecule has 1 atom stereocenters. The zero-order chi connectivity index (χ0) is 19.3. The first-order chi connectivity index (χ1) is 12.2. The Morgan fingerprint density at radius 3 is 2.38 bits per heavy atom. The third kappa shape index (κ3) is 5.57. The lowest BCUT2D eigenvalue weighted by atomic mass is 10.1. The summed E-state index contributed by atoms with van der Waals surface area (Å²) >= 11 is 3.32. The van der Waals surface area contributed by atoms with Crippen LogP contribution < -0.4 is 9.62 Å².